The molecule has 2 fully saturated rings. The van der Waals surface area contributed by atoms with Crippen LogP contribution in [0.4, 0.5) is 0 Å². The van der Waals surface area contributed by atoms with Crippen LogP contribution >= 0.6 is 0 Å². The van der Waals surface area contributed by atoms with Crippen molar-refractivity contribution in [3.05, 3.63) is 0 Å². The van der Waals surface area contributed by atoms with Crippen LogP contribution in [0.5, 0.6) is 0 Å². The van der Waals surface area contributed by atoms with Gasteiger partial charge in [0.2, 0.25) is 5.91 Å². The van der Waals surface area contributed by atoms with Crippen LogP contribution in [0.25, 0.3) is 0 Å². The quantitative estimate of drug-likeness (QED) is 0.776. The van der Waals surface area contributed by atoms with Gasteiger partial charge in [0.25, 0.3) is 0 Å². The van der Waals surface area contributed by atoms with E-state index in [1.54, 1.807) is 0 Å². The summed E-state index contributed by atoms with van der Waals surface area (Å²) in [6.45, 7) is 6.31. The predicted molar refractivity (Wildman–Crippen MR) is 88.3 cm³/mol. The van der Waals surface area contributed by atoms with Crippen LogP contribution in [-0.4, -0.2) is 36.0 Å². The van der Waals surface area contributed by atoms with Crippen molar-refractivity contribution >= 4 is 5.91 Å². The number of amides is 1. The van der Waals surface area contributed by atoms with E-state index >= 15 is 0 Å². The van der Waals surface area contributed by atoms with E-state index in [-0.39, 0.29) is 0 Å². The van der Waals surface area contributed by atoms with Gasteiger partial charge in [-0.2, -0.15) is 0 Å². The van der Waals surface area contributed by atoms with Gasteiger partial charge in [0.15, 0.2) is 0 Å². The fourth-order valence-corrected chi connectivity index (χ4v) is 4.03. The third-order valence-corrected chi connectivity index (χ3v) is 5.15. The molecular formula is C18H34N2O. The van der Waals surface area contributed by atoms with Crippen molar-refractivity contribution in [2.75, 3.05) is 13.1 Å². The normalized spacial score (nSPS) is 27.2. The summed E-state index contributed by atoms with van der Waals surface area (Å²) in [5, 5.41) is 3.86. The van der Waals surface area contributed by atoms with Gasteiger partial charge in [-0.05, 0) is 38.0 Å². The van der Waals surface area contributed by atoms with Gasteiger partial charge >= 0.3 is 0 Å². The summed E-state index contributed by atoms with van der Waals surface area (Å²) in [5.74, 6) is 1.08. The van der Waals surface area contributed by atoms with Gasteiger partial charge in [-0.1, -0.05) is 39.5 Å². The fraction of sp³-hybridized carbons (Fsp3) is 0.944. The number of unbranched alkanes of at least 4 members (excludes halogenated alkanes) is 1. The lowest BCUT2D eigenvalue weighted by Gasteiger charge is -2.39. The molecule has 1 saturated heterocycles. The molecule has 0 aromatic carbocycles. The Labute approximate surface area is 130 Å². The highest BCUT2D eigenvalue weighted by Crippen LogP contribution is 2.25. The standard InChI is InChI=1S/C18H34N2O/c1-3-5-9-15-12-17(19-16-10-6-7-11-16)14-20(13-15)18(21)8-4-2/h15-17,19H,3-14H2,1-2H3. The lowest BCUT2D eigenvalue weighted by atomic mass is 9.89. The zero-order chi connectivity index (χ0) is 15.1. The summed E-state index contributed by atoms with van der Waals surface area (Å²) in [4.78, 5) is 14.5. The minimum absolute atomic E-state index is 0.372. The number of carbonyl (C=O) groups is 1. The second kappa shape index (κ2) is 8.77. The number of hydrogen-bond donors (Lipinski definition) is 1. The first-order valence-electron chi connectivity index (χ1n) is 9.26. The second-order valence-electron chi connectivity index (χ2n) is 7.14. The molecule has 3 nitrogen and oxygen atoms in total. The molecule has 0 spiro atoms. The molecule has 1 aliphatic heterocycles. The molecule has 1 saturated carbocycles. The second-order valence-corrected chi connectivity index (χ2v) is 7.14. The van der Waals surface area contributed by atoms with Crippen molar-refractivity contribution in [3.63, 3.8) is 0 Å². The van der Waals surface area contributed by atoms with Crippen molar-refractivity contribution in [1.82, 2.24) is 10.2 Å². The van der Waals surface area contributed by atoms with Crippen molar-refractivity contribution in [1.29, 1.82) is 0 Å². The fourth-order valence-electron chi connectivity index (χ4n) is 4.03. The molecule has 1 aliphatic carbocycles. The number of carbonyl (C=O) groups excluding carboxylic acids is 1. The Morgan fingerprint density at radius 1 is 1.10 bits per heavy atom. The van der Waals surface area contributed by atoms with E-state index in [1.807, 2.05) is 0 Å². The summed E-state index contributed by atoms with van der Waals surface area (Å²) >= 11 is 0. The molecule has 2 aliphatic rings. The highest BCUT2D eigenvalue weighted by atomic mass is 16.2. The number of nitrogens with zero attached hydrogens (tertiary/aromatic N) is 1. The zero-order valence-corrected chi connectivity index (χ0v) is 14.1. The number of likely N-dealkylation sites (tertiary alicyclic amines) is 1. The number of nitrogens with one attached hydrogen (secondary N) is 1. The van der Waals surface area contributed by atoms with Gasteiger partial charge in [-0.15, -0.1) is 0 Å². The Balaban J connectivity index is 1.90. The first kappa shape index (κ1) is 16.8. The molecule has 1 amide bonds. The monoisotopic (exact) mass is 294 g/mol. The minimum atomic E-state index is 0.372. The average molecular weight is 294 g/mol. The SMILES string of the molecule is CCCCC1CC(NC2CCCC2)CN(C(=O)CCC)C1. The molecule has 0 bridgehead atoms. The third-order valence-electron chi connectivity index (χ3n) is 5.15. The molecule has 0 aromatic heterocycles. The molecule has 0 aromatic rings. The predicted octanol–water partition coefficient (Wildman–Crippen LogP) is 3.73. The Morgan fingerprint density at radius 3 is 2.52 bits per heavy atom. The molecule has 122 valence electrons. The Bertz CT molecular complexity index is 312. The highest BCUT2D eigenvalue weighted by Gasteiger charge is 2.30. The number of piperidine rings is 1. The van der Waals surface area contributed by atoms with Gasteiger partial charge in [0.1, 0.15) is 0 Å². The Kier molecular flexibility index (Phi) is 7.01. The lowest BCUT2D eigenvalue weighted by molar-refractivity contribution is -0.133. The van der Waals surface area contributed by atoms with Gasteiger partial charge in [-0.25, -0.2) is 0 Å². The third kappa shape index (κ3) is 5.28. The highest BCUT2D eigenvalue weighted by molar-refractivity contribution is 5.76. The summed E-state index contributed by atoms with van der Waals surface area (Å²) in [6.07, 6.45) is 12.2. The molecule has 1 N–H and O–H groups in total. The molecule has 1 heterocycles. The average Bonchev–Trinajstić information content (AvgIpc) is 2.98. The molecule has 0 radical (unpaired) electrons. The maximum atomic E-state index is 12.3. The summed E-state index contributed by atoms with van der Waals surface area (Å²) in [6, 6.07) is 1.24. The van der Waals surface area contributed by atoms with Gasteiger partial charge in [0.05, 0.1) is 0 Å². The molecule has 2 atom stereocenters. The maximum Gasteiger partial charge on any atom is 0.222 e. The Hall–Kier alpha value is -0.570. The molecule has 21 heavy (non-hydrogen) atoms. The van der Waals surface area contributed by atoms with Gasteiger partial charge in [-0.3, -0.25) is 4.79 Å². The van der Waals surface area contributed by atoms with Crippen LogP contribution in [0.1, 0.15) is 78.1 Å². The van der Waals surface area contributed by atoms with E-state index < -0.39 is 0 Å². The van der Waals surface area contributed by atoms with Crippen LogP contribution in [0.2, 0.25) is 0 Å². The topological polar surface area (TPSA) is 32.3 Å². The van der Waals surface area contributed by atoms with E-state index in [1.165, 1.54) is 51.4 Å². The maximum absolute atomic E-state index is 12.3. The van der Waals surface area contributed by atoms with Crippen molar-refractivity contribution in [3.8, 4) is 0 Å². The summed E-state index contributed by atoms with van der Waals surface area (Å²) < 4.78 is 0. The van der Waals surface area contributed by atoms with Crippen LogP contribution < -0.4 is 5.32 Å². The first-order valence-corrected chi connectivity index (χ1v) is 9.26. The molecule has 2 rings (SSSR count). The van der Waals surface area contributed by atoms with Crippen molar-refractivity contribution in [2.24, 2.45) is 5.92 Å². The van der Waals surface area contributed by atoms with Crippen LogP contribution in [0, 0.1) is 5.92 Å². The van der Waals surface area contributed by atoms with Crippen LogP contribution in [0.15, 0.2) is 0 Å². The Morgan fingerprint density at radius 2 is 1.86 bits per heavy atom. The lowest BCUT2D eigenvalue weighted by Crippen LogP contribution is -2.53. The number of hydrogen-bond acceptors (Lipinski definition) is 2. The molecule has 2 unspecified atom stereocenters. The largest absolute Gasteiger partial charge is 0.341 e. The van der Waals surface area contributed by atoms with Gasteiger partial charge in [0, 0.05) is 31.6 Å². The van der Waals surface area contributed by atoms with E-state index in [2.05, 4.69) is 24.1 Å². The zero-order valence-electron chi connectivity index (χ0n) is 14.1. The summed E-state index contributed by atoms with van der Waals surface area (Å²) in [7, 11) is 0. The van der Waals surface area contributed by atoms with E-state index in [0.717, 1.165) is 25.9 Å². The van der Waals surface area contributed by atoms with Crippen molar-refractivity contribution in [2.45, 2.75) is 90.1 Å². The van der Waals surface area contributed by atoms with Crippen LogP contribution in [-0.2, 0) is 4.79 Å². The molecule has 3 heteroatoms. The minimum Gasteiger partial charge on any atom is -0.341 e. The molecular weight excluding hydrogens is 260 g/mol. The van der Waals surface area contributed by atoms with E-state index in [9.17, 15) is 4.79 Å². The number of rotatable bonds is 7. The van der Waals surface area contributed by atoms with E-state index in [4.69, 9.17) is 0 Å². The van der Waals surface area contributed by atoms with Gasteiger partial charge < -0.3 is 10.2 Å². The van der Waals surface area contributed by atoms with Crippen molar-refractivity contribution < 1.29 is 4.79 Å². The smallest absolute Gasteiger partial charge is 0.222 e. The van der Waals surface area contributed by atoms with E-state index in [0.29, 0.717) is 23.9 Å². The van der Waals surface area contributed by atoms with Crippen LogP contribution in [0.3, 0.4) is 0 Å². The first-order chi connectivity index (χ1) is 10.2. The summed E-state index contributed by atoms with van der Waals surface area (Å²) in [5.41, 5.74) is 0.